The minimum atomic E-state index is -0.236. The van der Waals surface area contributed by atoms with Crippen molar-refractivity contribution in [3.05, 3.63) is 75.5 Å². The van der Waals surface area contributed by atoms with E-state index < -0.39 is 0 Å². The Morgan fingerprint density at radius 1 is 0.909 bits per heavy atom. The quantitative estimate of drug-likeness (QED) is 0.565. The molecule has 7 rings (SSSR count). The Morgan fingerprint density at radius 3 is 2.42 bits per heavy atom. The number of nitrogens with zero attached hydrogens (tertiary/aromatic N) is 1. The van der Waals surface area contributed by atoms with Gasteiger partial charge in [0.2, 0.25) is 11.8 Å². The molecule has 3 heterocycles. The van der Waals surface area contributed by atoms with Crippen molar-refractivity contribution in [3.8, 4) is 0 Å². The van der Waals surface area contributed by atoms with Crippen LogP contribution in [0.5, 0.6) is 0 Å². The van der Waals surface area contributed by atoms with Crippen LogP contribution in [0.2, 0.25) is 0 Å². The van der Waals surface area contributed by atoms with Crippen LogP contribution in [0.4, 0.5) is 5.69 Å². The number of carbonyl (C=O) groups is 3. The van der Waals surface area contributed by atoms with Gasteiger partial charge in [-0.15, -0.1) is 11.8 Å². The zero-order valence-corrected chi connectivity index (χ0v) is 19.8. The molecule has 0 radical (unpaired) electrons. The van der Waals surface area contributed by atoms with Crippen LogP contribution in [0.25, 0.3) is 0 Å². The van der Waals surface area contributed by atoms with Crippen LogP contribution >= 0.6 is 23.5 Å². The third-order valence-corrected chi connectivity index (χ3v) is 11.1. The highest BCUT2D eigenvalue weighted by atomic mass is 32.2. The van der Waals surface area contributed by atoms with Crippen molar-refractivity contribution in [1.29, 1.82) is 0 Å². The van der Waals surface area contributed by atoms with Gasteiger partial charge in [0.05, 0.1) is 17.5 Å². The maximum atomic E-state index is 13.7. The Kier molecular flexibility index (Phi) is 4.32. The highest BCUT2D eigenvalue weighted by Crippen LogP contribution is 2.70. The molecule has 2 saturated carbocycles. The molecule has 0 spiro atoms. The molecule has 4 nitrogen and oxygen atoms in total. The number of rotatable bonds is 2. The van der Waals surface area contributed by atoms with E-state index in [0.29, 0.717) is 17.4 Å². The van der Waals surface area contributed by atoms with E-state index in [4.69, 9.17) is 0 Å². The van der Waals surface area contributed by atoms with E-state index in [1.54, 1.807) is 0 Å². The summed E-state index contributed by atoms with van der Waals surface area (Å²) in [6.45, 7) is 1.99. The number of anilines is 1. The monoisotopic (exact) mass is 473 g/mol. The minimum absolute atomic E-state index is 0.0185. The lowest BCUT2D eigenvalue weighted by atomic mass is 9.68. The van der Waals surface area contributed by atoms with Crippen LogP contribution in [-0.2, 0) is 14.4 Å². The third kappa shape index (κ3) is 2.71. The van der Waals surface area contributed by atoms with Crippen molar-refractivity contribution in [3.63, 3.8) is 0 Å². The number of thioether (sulfide) groups is 2. The van der Waals surface area contributed by atoms with Crippen LogP contribution in [-0.4, -0.2) is 22.2 Å². The van der Waals surface area contributed by atoms with Gasteiger partial charge in [-0.3, -0.25) is 19.3 Å². The smallest absolute Gasteiger partial charge is 0.238 e. The molecule has 3 fully saturated rings. The molecular weight excluding hydrogens is 450 g/mol. The molecule has 2 aliphatic carbocycles. The molecule has 2 bridgehead atoms. The van der Waals surface area contributed by atoms with Crippen LogP contribution in [0.15, 0.2) is 64.4 Å². The van der Waals surface area contributed by atoms with Gasteiger partial charge in [-0.1, -0.05) is 54.2 Å². The zero-order chi connectivity index (χ0) is 22.4. The first-order valence-corrected chi connectivity index (χ1v) is 13.3. The van der Waals surface area contributed by atoms with Gasteiger partial charge in [0.1, 0.15) is 0 Å². The Balaban J connectivity index is 1.31. The summed E-state index contributed by atoms with van der Waals surface area (Å²) in [4.78, 5) is 43.6. The van der Waals surface area contributed by atoms with E-state index in [9.17, 15) is 14.4 Å². The molecule has 33 heavy (non-hydrogen) atoms. The normalized spacial score (nSPS) is 36.5. The molecule has 166 valence electrons. The van der Waals surface area contributed by atoms with Gasteiger partial charge >= 0.3 is 0 Å². The minimum Gasteiger partial charge on any atom is -0.286 e. The number of hydrogen-bond acceptors (Lipinski definition) is 5. The highest BCUT2D eigenvalue weighted by Gasteiger charge is 2.69. The van der Waals surface area contributed by atoms with Gasteiger partial charge < -0.3 is 0 Å². The second kappa shape index (κ2) is 7.09. The number of allylic oxidation sites excluding steroid dienone is 2. The maximum absolute atomic E-state index is 13.7. The topological polar surface area (TPSA) is 54.5 Å². The van der Waals surface area contributed by atoms with Crippen molar-refractivity contribution in [2.45, 2.75) is 30.9 Å². The second-order valence-electron chi connectivity index (χ2n) is 9.95. The predicted octanol–water partition coefficient (Wildman–Crippen LogP) is 5.14. The second-order valence-corrected chi connectivity index (χ2v) is 12.3. The largest absolute Gasteiger partial charge is 0.286 e. The maximum Gasteiger partial charge on any atom is 0.238 e. The molecule has 7 atom stereocenters. The fourth-order valence-corrected chi connectivity index (χ4v) is 10.4. The summed E-state index contributed by atoms with van der Waals surface area (Å²) in [5, 5.41) is 0.514. The lowest BCUT2D eigenvalue weighted by Crippen LogP contribution is -2.42. The van der Waals surface area contributed by atoms with E-state index in [1.807, 2.05) is 49.0 Å². The van der Waals surface area contributed by atoms with Crippen molar-refractivity contribution in [1.82, 2.24) is 0 Å². The molecule has 3 aliphatic heterocycles. The summed E-state index contributed by atoms with van der Waals surface area (Å²) in [5.74, 6) is 0.316. The van der Waals surface area contributed by atoms with Crippen molar-refractivity contribution < 1.29 is 14.4 Å². The number of amides is 2. The Bertz CT molecular complexity index is 1260. The van der Waals surface area contributed by atoms with E-state index in [1.165, 1.54) is 32.0 Å². The molecule has 6 heteroatoms. The molecule has 7 unspecified atom stereocenters. The van der Waals surface area contributed by atoms with E-state index >= 15 is 0 Å². The number of benzene rings is 2. The number of hydrogen-bond donors (Lipinski definition) is 0. The summed E-state index contributed by atoms with van der Waals surface area (Å²) in [6.07, 6.45) is 1.45. The van der Waals surface area contributed by atoms with Gasteiger partial charge in [-0.25, -0.2) is 0 Å². The van der Waals surface area contributed by atoms with Gasteiger partial charge in [-0.05, 0) is 54.4 Å². The van der Waals surface area contributed by atoms with Crippen molar-refractivity contribution in [2.24, 2.45) is 29.6 Å². The van der Waals surface area contributed by atoms with E-state index in [0.717, 1.165) is 12.0 Å². The number of carbonyl (C=O) groups excluding carboxylic acids is 3. The molecule has 2 amide bonds. The zero-order valence-electron chi connectivity index (χ0n) is 18.1. The first-order chi connectivity index (χ1) is 16.0. The van der Waals surface area contributed by atoms with Crippen LogP contribution in [0, 0.1) is 36.5 Å². The fourth-order valence-electron chi connectivity index (χ4n) is 7.25. The van der Waals surface area contributed by atoms with Crippen LogP contribution in [0.3, 0.4) is 0 Å². The number of imide groups is 1. The van der Waals surface area contributed by atoms with Crippen LogP contribution in [0.1, 0.15) is 29.9 Å². The summed E-state index contributed by atoms with van der Waals surface area (Å²) < 4.78 is 0. The SMILES string of the molecule is Cc1cccc(N2C(=O)C3C4CC(C3C2=O)C2C(c3ccccc3)C3=C(CC(=O)S3)SC42)c1. The van der Waals surface area contributed by atoms with Gasteiger partial charge in [0, 0.05) is 27.4 Å². The Labute approximate surface area is 201 Å². The Morgan fingerprint density at radius 2 is 1.67 bits per heavy atom. The average Bonchev–Trinajstić information content (AvgIpc) is 3.53. The van der Waals surface area contributed by atoms with Crippen molar-refractivity contribution in [2.75, 3.05) is 4.90 Å². The summed E-state index contributed by atoms with van der Waals surface area (Å²) in [7, 11) is 0. The number of fused-ring (bicyclic) bond motifs is 8. The van der Waals surface area contributed by atoms with Gasteiger partial charge in [0.15, 0.2) is 5.12 Å². The van der Waals surface area contributed by atoms with E-state index in [-0.39, 0.29) is 52.4 Å². The molecule has 2 aromatic carbocycles. The van der Waals surface area contributed by atoms with Gasteiger partial charge in [-0.2, -0.15) is 0 Å². The van der Waals surface area contributed by atoms with Crippen LogP contribution < -0.4 is 4.90 Å². The summed E-state index contributed by atoms with van der Waals surface area (Å²) in [5.41, 5.74) is 2.98. The highest BCUT2D eigenvalue weighted by molar-refractivity contribution is 8.18. The lowest BCUT2D eigenvalue weighted by molar-refractivity contribution is -0.123. The predicted molar refractivity (Wildman–Crippen MR) is 131 cm³/mol. The molecule has 5 aliphatic rings. The lowest BCUT2D eigenvalue weighted by Gasteiger charge is -2.44. The molecular formula is C27H23NO3S2. The molecule has 0 N–H and O–H groups in total. The average molecular weight is 474 g/mol. The Hall–Kier alpha value is -2.31. The standard InChI is InChI=1S/C27H23NO3S2/c1-13-6-5-9-15(10-13)28-26(30)22-16-11-17(23(22)27(28)31)24-21(16)20(14-7-3-2-4-8-14)25-18(32-24)12-19(29)33-25/h2-10,16-17,20-24H,11-12H2,1H3. The molecule has 1 saturated heterocycles. The first kappa shape index (κ1) is 20.1. The third-order valence-electron chi connectivity index (χ3n) is 8.33. The number of aryl methyl sites for hydroxylation is 1. The summed E-state index contributed by atoms with van der Waals surface area (Å²) in [6, 6.07) is 18.2. The molecule has 0 aromatic heterocycles. The van der Waals surface area contributed by atoms with E-state index in [2.05, 4.69) is 24.3 Å². The first-order valence-electron chi connectivity index (χ1n) is 11.6. The van der Waals surface area contributed by atoms with Crippen molar-refractivity contribution >= 4 is 46.1 Å². The molecule has 2 aromatic rings. The fraction of sp³-hybridized carbons (Fsp3) is 0.370. The van der Waals surface area contributed by atoms with Gasteiger partial charge in [0.25, 0.3) is 0 Å². The summed E-state index contributed by atoms with van der Waals surface area (Å²) >= 11 is 3.26.